The first kappa shape index (κ1) is 11.9. The van der Waals surface area contributed by atoms with E-state index in [1.165, 1.54) is 12.1 Å². The average molecular weight is 251 g/mol. The second-order valence-electron chi connectivity index (χ2n) is 2.76. The van der Waals surface area contributed by atoms with Gasteiger partial charge in [0, 0.05) is 0 Å². The van der Waals surface area contributed by atoms with Crippen LogP contribution in [0.2, 0.25) is 0 Å². The fraction of sp³-hybridized carbons (Fsp3) is 0. The molecule has 0 aliphatic heterocycles. The van der Waals surface area contributed by atoms with Gasteiger partial charge in [0.05, 0.1) is 5.69 Å². The third-order valence-electron chi connectivity index (χ3n) is 1.60. The quantitative estimate of drug-likeness (QED) is 0.551. The van der Waals surface area contributed by atoms with Crippen molar-refractivity contribution < 1.29 is 16.8 Å². The highest BCUT2D eigenvalue weighted by atomic mass is 32.2. The Hall–Kier alpha value is -1.16. The average Bonchev–Trinajstić information content (AvgIpc) is 1.99. The maximum Gasteiger partial charge on any atom is 0.241 e. The van der Waals surface area contributed by atoms with E-state index in [0.29, 0.717) is 0 Å². The van der Waals surface area contributed by atoms with E-state index >= 15 is 0 Å². The predicted octanol–water partition coefficient (Wildman–Crippen LogP) is -1.44. The van der Waals surface area contributed by atoms with Crippen LogP contribution in [0.3, 0.4) is 0 Å². The SMILES string of the molecule is Nc1cccc(S(N)(=O)=O)c1S(N)(=O)=O. The fourth-order valence-corrected chi connectivity index (χ4v) is 3.15. The summed E-state index contributed by atoms with van der Waals surface area (Å²) in [5.74, 6) is 0. The minimum absolute atomic E-state index is 0.260. The topological polar surface area (TPSA) is 146 Å². The zero-order valence-electron chi connectivity index (χ0n) is 7.41. The van der Waals surface area contributed by atoms with Gasteiger partial charge in [0.25, 0.3) is 0 Å². The molecular weight excluding hydrogens is 242 g/mol. The number of anilines is 1. The first-order valence-electron chi connectivity index (χ1n) is 3.58. The maximum atomic E-state index is 11.1. The van der Waals surface area contributed by atoms with Crippen LogP contribution in [0.5, 0.6) is 0 Å². The van der Waals surface area contributed by atoms with Crippen molar-refractivity contribution in [2.24, 2.45) is 10.3 Å². The van der Waals surface area contributed by atoms with Gasteiger partial charge in [-0.25, -0.2) is 27.1 Å². The number of primary sulfonamides is 2. The van der Waals surface area contributed by atoms with Crippen LogP contribution in [0.25, 0.3) is 0 Å². The lowest BCUT2D eigenvalue weighted by Gasteiger charge is -2.07. The van der Waals surface area contributed by atoms with Gasteiger partial charge >= 0.3 is 0 Å². The normalized spacial score (nSPS) is 12.7. The van der Waals surface area contributed by atoms with Gasteiger partial charge in [0.15, 0.2) is 0 Å². The molecule has 6 N–H and O–H groups in total. The summed E-state index contributed by atoms with van der Waals surface area (Å²) >= 11 is 0. The molecule has 0 aromatic heterocycles. The van der Waals surface area contributed by atoms with Crippen molar-refractivity contribution in [3.63, 3.8) is 0 Å². The largest absolute Gasteiger partial charge is 0.398 e. The molecule has 1 aromatic rings. The second-order valence-corrected chi connectivity index (χ2v) is 5.79. The Kier molecular flexibility index (Phi) is 2.74. The number of hydrogen-bond acceptors (Lipinski definition) is 5. The molecule has 1 rings (SSSR count). The minimum Gasteiger partial charge on any atom is -0.398 e. The molecule has 9 heteroatoms. The van der Waals surface area contributed by atoms with Crippen molar-refractivity contribution in [3.8, 4) is 0 Å². The Bertz CT molecular complexity index is 591. The number of sulfonamides is 2. The zero-order valence-corrected chi connectivity index (χ0v) is 9.05. The molecule has 0 spiro atoms. The van der Waals surface area contributed by atoms with Crippen LogP contribution in [-0.2, 0) is 20.0 Å². The molecule has 84 valence electrons. The predicted molar refractivity (Wildman–Crippen MR) is 53.6 cm³/mol. The van der Waals surface area contributed by atoms with Crippen LogP contribution in [0.4, 0.5) is 5.69 Å². The van der Waals surface area contributed by atoms with Crippen molar-refractivity contribution in [1.82, 2.24) is 0 Å². The zero-order chi connectivity index (χ0) is 11.9. The van der Waals surface area contributed by atoms with Crippen LogP contribution < -0.4 is 16.0 Å². The molecule has 0 fully saturated rings. The van der Waals surface area contributed by atoms with Crippen molar-refractivity contribution in [1.29, 1.82) is 0 Å². The van der Waals surface area contributed by atoms with E-state index in [4.69, 9.17) is 16.0 Å². The number of rotatable bonds is 2. The van der Waals surface area contributed by atoms with E-state index in [1.807, 2.05) is 0 Å². The lowest BCUT2D eigenvalue weighted by atomic mass is 10.3. The third-order valence-corrected chi connectivity index (χ3v) is 3.71. The molecule has 0 atom stereocenters. The summed E-state index contributed by atoms with van der Waals surface area (Å²) in [7, 11) is -8.41. The Morgan fingerprint density at radius 2 is 1.47 bits per heavy atom. The lowest BCUT2D eigenvalue weighted by Crippen LogP contribution is -2.21. The molecule has 0 saturated heterocycles. The van der Waals surface area contributed by atoms with Gasteiger partial charge in [-0.1, -0.05) is 6.07 Å². The number of nitrogen functional groups attached to an aromatic ring is 1. The van der Waals surface area contributed by atoms with Crippen molar-refractivity contribution in [2.45, 2.75) is 9.79 Å². The first-order chi connectivity index (χ1) is 6.64. The molecule has 7 nitrogen and oxygen atoms in total. The molecule has 1 aromatic carbocycles. The molecule has 0 unspecified atom stereocenters. The Balaban J connectivity index is 3.79. The highest BCUT2D eigenvalue weighted by Crippen LogP contribution is 2.24. The van der Waals surface area contributed by atoms with Gasteiger partial charge in [0.1, 0.15) is 9.79 Å². The first-order valence-corrected chi connectivity index (χ1v) is 6.67. The standard InChI is InChI=1S/C6H9N3O4S2/c7-4-2-1-3-5(14(8,10)11)6(4)15(9,12)13/h1-3H,7H2,(H2,8,10,11)(H2,9,12,13). The van der Waals surface area contributed by atoms with E-state index < -0.39 is 29.8 Å². The molecule has 0 bridgehead atoms. The second kappa shape index (κ2) is 3.45. The molecule has 15 heavy (non-hydrogen) atoms. The Morgan fingerprint density at radius 3 is 1.80 bits per heavy atom. The smallest absolute Gasteiger partial charge is 0.241 e. The van der Waals surface area contributed by atoms with E-state index in [9.17, 15) is 16.8 Å². The van der Waals surface area contributed by atoms with Crippen molar-refractivity contribution in [3.05, 3.63) is 18.2 Å². The number of hydrogen-bond donors (Lipinski definition) is 3. The fourth-order valence-electron chi connectivity index (χ4n) is 1.06. The molecule has 0 amide bonds. The van der Waals surface area contributed by atoms with Gasteiger partial charge in [-0.15, -0.1) is 0 Å². The van der Waals surface area contributed by atoms with E-state index in [2.05, 4.69) is 0 Å². The summed E-state index contributed by atoms with van der Waals surface area (Å²) in [5, 5.41) is 9.65. The molecular formula is C6H9N3O4S2. The monoisotopic (exact) mass is 251 g/mol. The molecule has 0 saturated carbocycles. The highest BCUT2D eigenvalue weighted by molar-refractivity contribution is 7.92. The lowest BCUT2D eigenvalue weighted by molar-refractivity contribution is 0.585. The van der Waals surface area contributed by atoms with E-state index in [-0.39, 0.29) is 5.69 Å². The van der Waals surface area contributed by atoms with Crippen molar-refractivity contribution >= 4 is 25.7 Å². The number of nitrogens with two attached hydrogens (primary N) is 3. The Labute approximate surface area is 87.0 Å². The van der Waals surface area contributed by atoms with Crippen LogP contribution >= 0.6 is 0 Å². The van der Waals surface area contributed by atoms with E-state index in [1.54, 1.807) is 0 Å². The summed E-state index contributed by atoms with van der Waals surface area (Å²) in [6, 6.07) is 3.50. The van der Waals surface area contributed by atoms with Crippen molar-refractivity contribution in [2.75, 3.05) is 5.73 Å². The summed E-state index contributed by atoms with van der Waals surface area (Å²) in [6.07, 6.45) is 0. The third kappa shape index (κ3) is 2.45. The number of benzene rings is 1. The van der Waals surface area contributed by atoms with Gasteiger partial charge in [-0.2, -0.15) is 0 Å². The maximum absolute atomic E-state index is 11.1. The van der Waals surface area contributed by atoms with Gasteiger partial charge < -0.3 is 5.73 Å². The van der Waals surface area contributed by atoms with Crippen LogP contribution in [0.1, 0.15) is 0 Å². The van der Waals surface area contributed by atoms with Gasteiger partial charge in [0.2, 0.25) is 20.0 Å². The summed E-state index contributed by atoms with van der Waals surface area (Å²) < 4.78 is 44.3. The highest BCUT2D eigenvalue weighted by Gasteiger charge is 2.23. The van der Waals surface area contributed by atoms with Gasteiger partial charge in [-0.3, -0.25) is 0 Å². The van der Waals surface area contributed by atoms with E-state index in [0.717, 1.165) is 6.07 Å². The van der Waals surface area contributed by atoms with Crippen LogP contribution in [-0.4, -0.2) is 16.8 Å². The summed E-state index contributed by atoms with van der Waals surface area (Å²) in [5.41, 5.74) is 5.06. The minimum atomic E-state index is -4.23. The molecule has 0 radical (unpaired) electrons. The van der Waals surface area contributed by atoms with Crippen LogP contribution in [0.15, 0.2) is 28.0 Å². The molecule has 0 aliphatic rings. The Morgan fingerprint density at radius 1 is 0.933 bits per heavy atom. The molecule has 0 heterocycles. The molecule has 0 aliphatic carbocycles. The van der Waals surface area contributed by atoms with Crippen LogP contribution in [0, 0.1) is 0 Å². The summed E-state index contributed by atoms with van der Waals surface area (Å²) in [6.45, 7) is 0. The van der Waals surface area contributed by atoms with Gasteiger partial charge in [-0.05, 0) is 12.1 Å². The summed E-state index contributed by atoms with van der Waals surface area (Å²) in [4.78, 5) is -1.28.